The lowest BCUT2D eigenvalue weighted by Gasteiger charge is -2.20. The number of esters is 1. The van der Waals surface area contributed by atoms with Crippen molar-refractivity contribution in [3.8, 4) is 0 Å². The van der Waals surface area contributed by atoms with Gasteiger partial charge in [0.05, 0.1) is 0 Å². The highest BCUT2D eigenvalue weighted by atomic mass is 16.6. The molecule has 2 nitrogen and oxygen atoms in total. The van der Waals surface area contributed by atoms with Crippen molar-refractivity contribution >= 4 is 5.97 Å². The average Bonchev–Trinajstić information content (AvgIpc) is 2.34. The summed E-state index contributed by atoms with van der Waals surface area (Å²) in [5.41, 5.74) is -0.324. The number of carbonyl (C=O) groups excluding carboxylic acids is 1. The summed E-state index contributed by atoms with van der Waals surface area (Å²) in [6.45, 7) is 5.75. The lowest BCUT2D eigenvalue weighted by molar-refractivity contribution is -0.155. The minimum atomic E-state index is -0.324. The molecule has 0 heterocycles. The summed E-state index contributed by atoms with van der Waals surface area (Å²) in [6, 6.07) is 0. The van der Waals surface area contributed by atoms with Gasteiger partial charge in [-0.3, -0.25) is 4.79 Å². The predicted molar refractivity (Wildman–Crippen MR) is 52.4 cm³/mol. The van der Waals surface area contributed by atoms with Gasteiger partial charge in [-0.25, -0.2) is 0 Å². The number of hydrogen-bond acceptors (Lipinski definition) is 2. The van der Waals surface area contributed by atoms with E-state index in [1.54, 1.807) is 0 Å². The maximum Gasteiger partial charge on any atom is 0.306 e. The van der Waals surface area contributed by atoms with Crippen LogP contribution in [0.1, 0.15) is 52.9 Å². The third-order valence-electron chi connectivity index (χ3n) is 2.35. The van der Waals surface area contributed by atoms with Gasteiger partial charge < -0.3 is 4.74 Å². The molecule has 0 aromatic rings. The van der Waals surface area contributed by atoms with Crippen molar-refractivity contribution in [3.63, 3.8) is 0 Å². The molecule has 1 rings (SSSR count). The molecule has 0 aromatic heterocycles. The zero-order valence-electron chi connectivity index (χ0n) is 8.93. The topological polar surface area (TPSA) is 26.3 Å². The molecule has 0 unspecified atom stereocenters. The molecule has 13 heavy (non-hydrogen) atoms. The summed E-state index contributed by atoms with van der Waals surface area (Å²) < 4.78 is 5.26. The lowest BCUT2D eigenvalue weighted by Crippen LogP contribution is -2.24. The Labute approximate surface area is 80.7 Å². The Kier molecular flexibility index (Phi) is 3.34. The number of rotatable bonds is 2. The summed E-state index contributed by atoms with van der Waals surface area (Å²) >= 11 is 0. The molecule has 1 fully saturated rings. The van der Waals surface area contributed by atoms with Crippen LogP contribution < -0.4 is 0 Å². The van der Waals surface area contributed by atoms with Crippen LogP contribution in [0.3, 0.4) is 0 Å². The van der Waals surface area contributed by atoms with Crippen molar-refractivity contribution in [1.29, 1.82) is 0 Å². The van der Waals surface area contributed by atoms with Gasteiger partial charge in [0, 0.05) is 6.42 Å². The van der Waals surface area contributed by atoms with E-state index < -0.39 is 0 Å². The van der Waals surface area contributed by atoms with Gasteiger partial charge in [-0.2, -0.15) is 0 Å². The molecule has 1 aliphatic carbocycles. The Morgan fingerprint density at radius 2 is 1.85 bits per heavy atom. The predicted octanol–water partition coefficient (Wildman–Crippen LogP) is 2.91. The van der Waals surface area contributed by atoms with E-state index in [2.05, 4.69) is 0 Å². The van der Waals surface area contributed by atoms with Crippen molar-refractivity contribution in [2.45, 2.75) is 58.5 Å². The molecule has 0 spiro atoms. The Bertz CT molecular complexity index is 173. The third-order valence-corrected chi connectivity index (χ3v) is 2.35. The summed E-state index contributed by atoms with van der Waals surface area (Å²) in [5, 5.41) is 0. The molecule has 0 N–H and O–H groups in total. The fourth-order valence-electron chi connectivity index (χ4n) is 1.83. The van der Waals surface area contributed by atoms with E-state index in [1.807, 2.05) is 20.8 Å². The average molecular weight is 184 g/mol. The van der Waals surface area contributed by atoms with E-state index >= 15 is 0 Å². The van der Waals surface area contributed by atoms with Gasteiger partial charge in [0.1, 0.15) is 5.60 Å². The lowest BCUT2D eigenvalue weighted by atomic mass is 10.0. The first-order valence-electron chi connectivity index (χ1n) is 5.19. The second-order valence-corrected chi connectivity index (χ2v) is 4.94. The molecule has 1 saturated carbocycles. The van der Waals surface area contributed by atoms with Crippen molar-refractivity contribution in [1.82, 2.24) is 0 Å². The fraction of sp³-hybridized carbons (Fsp3) is 0.909. The Morgan fingerprint density at radius 1 is 1.31 bits per heavy atom. The SMILES string of the molecule is CC(C)(C)OC(=O)CC1CCCC1. The number of ether oxygens (including phenoxy) is 1. The standard InChI is InChI=1S/C11H20O2/c1-11(2,3)13-10(12)8-9-6-4-5-7-9/h9H,4-8H2,1-3H3. The van der Waals surface area contributed by atoms with Crippen LogP contribution in [-0.2, 0) is 9.53 Å². The van der Waals surface area contributed by atoms with Crippen LogP contribution >= 0.6 is 0 Å². The summed E-state index contributed by atoms with van der Waals surface area (Å²) in [4.78, 5) is 11.4. The van der Waals surface area contributed by atoms with Gasteiger partial charge in [-0.15, -0.1) is 0 Å². The Morgan fingerprint density at radius 3 is 2.31 bits per heavy atom. The molecule has 0 radical (unpaired) electrons. The van der Waals surface area contributed by atoms with Crippen molar-refractivity contribution < 1.29 is 9.53 Å². The summed E-state index contributed by atoms with van der Waals surface area (Å²) in [6.07, 6.45) is 5.61. The molecule has 0 aliphatic heterocycles. The molecule has 0 bridgehead atoms. The van der Waals surface area contributed by atoms with Crippen LogP contribution in [-0.4, -0.2) is 11.6 Å². The normalized spacial score (nSPS) is 19.0. The third kappa shape index (κ3) is 4.30. The smallest absolute Gasteiger partial charge is 0.306 e. The first kappa shape index (κ1) is 10.6. The second kappa shape index (κ2) is 4.12. The zero-order valence-corrected chi connectivity index (χ0v) is 8.93. The highest BCUT2D eigenvalue weighted by Crippen LogP contribution is 2.28. The van der Waals surface area contributed by atoms with E-state index in [0.717, 1.165) is 0 Å². The van der Waals surface area contributed by atoms with Crippen molar-refractivity contribution in [3.05, 3.63) is 0 Å². The highest BCUT2D eigenvalue weighted by molar-refractivity contribution is 5.70. The molecule has 0 amide bonds. The number of carbonyl (C=O) groups is 1. The van der Waals surface area contributed by atoms with Crippen LogP contribution in [0.2, 0.25) is 0 Å². The van der Waals surface area contributed by atoms with E-state index in [4.69, 9.17) is 4.74 Å². The molecule has 76 valence electrons. The second-order valence-electron chi connectivity index (χ2n) is 4.94. The Hall–Kier alpha value is -0.530. The van der Waals surface area contributed by atoms with Crippen LogP contribution in [0.15, 0.2) is 0 Å². The van der Waals surface area contributed by atoms with Gasteiger partial charge in [0.2, 0.25) is 0 Å². The Balaban J connectivity index is 2.24. The molecular weight excluding hydrogens is 164 g/mol. The number of hydrogen-bond donors (Lipinski definition) is 0. The first-order chi connectivity index (χ1) is 5.97. The van der Waals surface area contributed by atoms with Crippen LogP contribution in [0.4, 0.5) is 0 Å². The largest absolute Gasteiger partial charge is 0.460 e. The highest BCUT2D eigenvalue weighted by Gasteiger charge is 2.22. The summed E-state index contributed by atoms with van der Waals surface area (Å²) in [5.74, 6) is 0.564. The van der Waals surface area contributed by atoms with E-state index in [0.29, 0.717) is 12.3 Å². The maximum absolute atomic E-state index is 11.4. The molecule has 0 aromatic carbocycles. The van der Waals surface area contributed by atoms with Crippen LogP contribution in [0.5, 0.6) is 0 Å². The molecule has 1 aliphatic rings. The molecular formula is C11H20O2. The van der Waals surface area contributed by atoms with Gasteiger partial charge in [0.25, 0.3) is 0 Å². The quantitative estimate of drug-likeness (QED) is 0.617. The molecule has 0 atom stereocenters. The van der Waals surface area contributed by atoms with Gasteiger partial charge in [-0.05, 0) is 39.5 Å². The minimum Gasteiger partial charge on any atom is -0.460 e. The van der Waals surface area contributed by atoms with E-state index in [-0.39, 0.29) is 11.6 Å². The molecule has 0 saturated heterocycles. The van der Waals surface area contributed by atoms with Gasteiger partial charge in [-0.1, -0.05) is 12.8 Å². The van der Waals surface area contributed by atoms with Gasteiger partial charge in [0.15, 0.2) is 0 Å². The first-order valence-corrected chi connectivity index (χ1v) is 5.19. The van der Waals surface area contributed by atoms with Gasteiger partial charge >= 0.3 is 5.97 Å². The van der Waals surface area contributed by atoms with E-state index in [1.165, 1.54) is 25.7 Å². The van der Waals surface area contributed by atoms with E-state index in [9.17, 15) is 4.79 Å². The van der Waals surface area contributed by atoms with Crippen molar-refractivity contribution in [2.24, 2.45) is 5.92 Å². The zero-order chi connectivity index (χ0) is 9.90. The maximum atomic E-state index is 11.4. The fourth-order valence-corrected chi connectivity index (χ4v) is 1.83. The minimum absolute atomic E-state index is 0.0283. The van der Waals surface area contributed by atoms with Crippen LogP contribution in [0.25, 0.3) is 0 Å². The van der Waals surface area contributed by atoms with Crippen LogP contribution in [0, 0.1) is 5.92 Å². The van der Waals surface area contributed by atoms with Crippen molar-refractivity contribution in [2.75, 3.05) is 0 Å². The summed E-state index contributed by atoms with van der Waals surface area (Å²) in [7, 11) is 0. The molecule has 2 heteroatoms. The monoisotopic (exact) mass is 184 g/mol.